The second-order valence-electron chi connectivity index (χ2n) is 4.35. The van der Waals surface area contributed by atoms with Gasteiger partial charge in [0.1, 0.15) is 12.7 Å². The molecule has 0 aliphatic heterocycles. The van der Waals surface area contributed by atoms with Crippen LogP contribution in [0.25, 0.3) is 0 Å². The Kier molecular flexibility index (Phi) is 4.37. The van der Waals surface area contributed by atoms with Crippen molar-refractivity contribution in [2.45, 2.75) is 6.92 Å². The molecular weight excluding hydrogens is 343 g/mol. The van der Waals surface area contributed by atoms with Gasteiger partial charge in [-0.25, -0.2) is 9.66 Å². The smallest absolute Gasteiger partial charge is 0.189 e. The zero-order valence-corrected chi connectivity index (χ0v) is 13.7. The lowest BCUT2D eigenvalue weighted by Gasteiger charge is -2.04. The van der Waals surface area contributed by atoms with Crippen molar-refractivity contribution in [1.82, 2.24) is 19.9 Å². The Morgan fingerprint density at radius 1 is 1.27 bits per heavy atom. The number of hydrogen-bond donors (Lipinski definition) is 1. The minimum Gasteiger partial charge on any atom is -0.331 e. The fourth-order valence-electron chi connectivity index (χ4n) is 1.61. The number of rotatable bonds is 4. The Morgan fingerprint density at radius 3 is 2.77 bits per heavy atom. The topological polar surface area (TPSA) is 68.0 Å². The van der Waals surface area contributed by atoms with Gasteiger partial charge in [0.15, 0.2) is 10.3 Å². The second kappa shape index (κ2) is 6.43. The van der Waals surface area contributed by atoms with Gasteiger partial charge in [-0.3, -0.25) is 0 Å². The van der Waals surface area contributed by atoms with Gasteiger partial charge in [-0.15, -0.1) is 10.2 Å². The second-order valence-corrected chi connectivity index (χ2v) is 6.15. The summed E-state index contributed by atoms with van der Waals surface area (Å²) >= 11 is 13.6. The van der Waals surface area contributed by atoms with E-state index in [1.807, 2.05) is 25.1 Å². The van der Waals surface area contributed by atoms with Crippen molar-refractivity contribution in [3.63, 3.8) is 0 Å². The van der Waals surface area contributed by atoms with Crippen LogP contribution in [-0.4, -0.2) is 26.1 Å². The highest BCUT2D eigenvalue weighted by molar-refractivity contribution is 7.17. The van der Waals surface area contributed by atoms with E-state index >= 15 is 0 Å². The van der Waals surface area contributed by atoms with E-state index in [0.29, 0.717) is 15.3 Å². The van der Waals surface area contributed by atoms with Crippen LogP contribution in [0.4, 0.5) is 10.8 Å². The first-order chi connectivity index (χ1) is 10.6. The van der Waals surface area contributed by atoms with Crippen molar-refractivity contribution < 1.29 is 0 Å². The quantitative estimate of drug-likeness (QED) is 0.721. The molecule has 0 fully saturated rings. The van der Waals surface area contributed by atoms with Gasteiger partial charge < -0.3 is 5.32 Å². The van der Waals surface area contributed by atoms with Crippen molar-refractivity contribution in [2.75, 3.05) is 5.32 Å². The van der Waals surface area contributed by atoms with Gasteiger partial charge >= 0.3 is 0 Å². The molecule has 2 heterocycles. The Labute approximate surface area is 140 Å². The normalized spacial score (nSPS) is 11.2. The molecule has 0 aliphatic rings. The SMILES string of the molecule is Cc1ccc(Nc2nc(Cl)c(/C=N/n3cnnc3)s2)cc1Cl. The summed E-state index contributed by atoms with van der Waals surface area (Å²) < 4.78 is 1.48. The van der Waals surface area contributed by atoms with Gasteiger partial charge in [0.2, 0.25) is 0 Å². The summed E-state index contributed by atoms with van der Waals surface area (Å²) in [6.07, 6.45) is 4.58. The summed E-state index contributed by atoms with van der Waals surface area (Å²) in [6, 6.07) is 5.72. The van der Waals surface area contributed by atoms with E-state index in [0.717, 1.165) is 16.1 Å². The number of nitrogens with one attached hydrogen (secondary N) is 1. The molecule has 0 aliphatic carbocycles. The summed E-state index contributed by atoms with van der Waals surface area (Å²) in [5.74, 6) is 0. The van der Waals surface area contributed by atoms with Crippen LogP contribution in [0.2, 0.25) is 10.2 Å². The minimum atomic E-state index is 0.377. The number of anilines is 2. The molecule has 3 rings (SSSR count). The van der Waals surface area contributed by atoms with Crippen LogP contribution in [0, 0.1) is 6.92 Å². The predicted octanol–water partition coefficient (Wildman–Crippen LogP) is 3.98. The van der Waals surface area contributed by atoms with Crippen molar-refractivity contribution in [3.05, 3.63) is 51.5 Å². The first kappa shape index (κ1) is 15.0. The molecule has 0 saturated carbocycles. The number of aryl methyl sites for hydroxylation is 1. The lowest BCUT2D eigenvalue weighted by Crippen LogP contribution is -1.89. The van der Waals surface area contributed by atoms with E-state index in [1.165, 1.54) is 28.7 Å². The van der Waals surface area contributed by atoms with Crippen LogP contribution < -0.4 is 5.32 Å². The molecule has 9 heteroatoms. The summed E-state index contributed by atoms with van der Waals surface area (Å²) in [5, 5.41) is 16.4. The van der Waals surface area contributed by atoms with Gasteiger partial charge in [-0.1, -0.05) is 40.6 Å². The maximum atomic E-state index is 6.11. The summed E-state index contributed by atoms with van der Waals surface area (Å²) in [7, 11) is 0. The molecule has 0 bridgehead atoms. The number of halogens is 2. The fraction of sp³-hybridized carbons (Fsp3) is 0.0769. The third-order valence-electron chi connectivity index (χ3n) is 2.75. The van der Waals surface area contributed by atoms with E-state index in [-0.39, 0.29) is 0 Å². The molecule has 2 aromatic heterocycles. The third kappa shape index (κ3) is 3.44. The molecule has 3 aromatic rings. The number of thiazole rings is 1. The van der Waals surface area contributed by atoms with Crippen molar-refractivity contribution in [1.29, 1.82) is 0 Å². The maximum absolute atomic E-state index is 6.11. The van der Waals surface area contributed by atoms with E-state index in [1.54, 1.807) is 6.21 Å². The summed E-state index contributed by atoms with van der Waals surface area (Å²) in [6.45, 7) is 1.95. The highest BCUT2D eigenvalue weighted by Gasteiger charge is 2.08. The third-order valence-corrected chi connectivity index (χ3v) is 4.46. The highest BCUT2D eigenvalue weighted by Crippen LogP contribution is 2.29. The summed E-state index contributed by atoms with van der Waals surface area (Å²) in [4.78, 5) is 4.99. The summed E-state index contributed by atoms with van der Waals surface area (Å²) in [5.41, 5.74) is 1.87. The van der Waals surface area contributed by atoms with Crippen molar-refractivity contribution in [3.8, 4) is 0 Å². The maximum Gasteiger partial charge on any atom is 0.189 e. The molecule has 22 heavy (non-hydrogen) atoms. The van der Waals surface area contributed by atoms with Gasteiger partial charge in [-0.05, 0) is 24.6 Å². The van der Waals surface area contributed by atoms with Crippen LogP contribution in [0.15, 0.2) is 36.0 Å². The number of benzene rings is 1. The molecule has 1 aromatic carbocycles. The largest absolute Gasteiger partial charge is 0.331 e. The van der Waals surface area contributed by atoms with Crippen molar-refractivity contribution >= 4 is 51.6 Å². The Balaban J connectivity index is 1.78. The molecule has 0 saturated heterocycles. The van der Waals surface area contributed by atoms with E-state index in [9.17, 15) is 0 Å². The lowest BCUT2D eigenvalue weighted by atomic mass is 10.2. The number of aromatic nitrogens is 4. The molecule has 0 atom stereocenters. The number of nitrogens with zero attached hydrogens (tertiary/aromatic N) is 5. The van der Waals surface area contributed by atoms with Gasteiger partial charge in [0.05, 0.1) is 11.1 Å². The molecule has 0 unspecified atom stereocenters. The lowest BCUT2D eigenvalue weighted by molar-refractivity contribution is 0.879. The average molecular weight is 353 g/mol. The monoisotopic (exact) mass is 352 g/mol. The molecule has 0 amide bonds. The standard InChI is InChI=1S/C13H10Cl2N6S/c1-8-2-3-9(4-10(8)14)19-13-20-12(15)11(22-13)5-18-21-6-16-17-7-21/h2-7H,1H3,(H,19,20)/b18-5+. The average Bonchev–Trinajstić information content (AvgIpc) is 3.11. The molecular formula is C13H10Cl2N6S. The van der Waals surface area contributed by atoms with Crippen LogP contribution in [-0.2, 0) is 0 Å². The highest BCUT2D eigenvalue weighted by atomic mass is 35.5. The minimum absolute atomic E-state index is 0.377. The van der Waals surface area contributed by atoms with Gasteiger partial charge in [-0.2, -0.15) is 5.10 Å². The van der Waals surface area contributed by atoms with E-state index in [2.05, 4.69) is 25.6 Å². The fourth-order valence-corrected chi connectivity index (χ4v) is 2.84. The van der Waals surface area contributed by atoms with Crippen LogP contribution in [0.1, 0.15) is 10.4 Å². The van der Waals surface area contributed by atoms with E-state index in [4.69, 9.17) is 23.2 Å². The molecule has 112 valence electrons. The molecule has 0 radical (unpaired) electrons. The van der Waals surface area contributed by atoms with Crippen molar-refractivity contribution in [2.24, 2.45) is 5.10 Å². The predicted molar refractivity (Wildman–Crippen MR) is 89.6 cm³/mol. The number of hydrogen-bond acceptors (Lipinski definition) is 6. The first-order valence-corrected chi connectivity index (χ1v) is 7.77. The zero-order chi connectivity index (χ0) is 15.5. The first-order valence-electron chi connectivity index (χ1n) is 6.20. The molecule has 0 spiro atoms. The molecule has 6 nitrogen and oxygen atoms in total. The Hall–Kier alpha value is -1.96. The Bertz CT molecular complexity index is 812. The van der Waals surface area contributed by atoms with E-state index < -0.39 is 0 Å². The Morgan fingerprint density at radius 2 is 2.05 bits per heavy atom. The zero-order valence-electron chi connectivity index (χ0n) is 11.4. The van der Waals surface area contributed by atoms with Gasteiger partial charge in [0.25, 0.3) is 0 Å². The van der Waals surface area contributed by atoms with Crippen LogP contribution in [0.3, 0.4) is 0 Å². The molecule has 1 N–H and O–H groups in total. The van der Waals surface area contributed by atoms with Gasteiger partial charge in [0, 0.05) is 10.7 Å². The van der Waals surface area contributed by atoms with Crippen LogP contribution in [0.5, 0.6) is 0 Å². The van der Waals surface area contributed by atoms with Crippen LogP contribution >= 0.6 is 34.5 Å².